The molecule has 2 N–H and O–H groups in total. The molecule has 1 unspecified atom stereocenters. The van der Waals surface area contributed by atoms with E-state index in [2.05, 4.69) is 46.8 Å². The molecule has 0 bridgehead atoms. The second-order valence-corrected chi connectivity index (χ2v) is 5.71. The van der Waals surface area contributed by atoms with Crippen molar-refractivity contribution in [1.82, 2.24) is 4.90 Å². The van der Waals surface area contributed by atoms with Crippen molar-refractivity contribution in [1.29, 1.82) is 0 Å². The van der Waals surface area contributed by atoms with Gasteiger partial charge in [-0.15, -0.1) is 0 Å². The van der Waals surface area contributed by atoms with Crippen LogP contribution in [-0.4, -0.2) is 37.7 Å². The summed E-state index contributed by atoms with van der Waals surface area (Å²) in [4.78, 5) is 2.35. The number of hydrogen-bond donors (Lipinski definition) is 1. The molecule has 1 aliphatic rings. The zero-order valence-electron chi connectivity index (χ0n) is 12.2. The maximum Gasteiger partial charge on any atom is 0.175 e. The largest absolute Gasteiger partial charge is 0.490 e. The Morgan fingerprint density at radius 3 is 2.60 bits per heavy atom. The van der Waals surface area contributed by atoms with Crippen LogP contribution in [0.25, 0.3) is 0 Å². The second kappa shape index (κ2) is 7.29. The van der Waals surface area contributed by atoms with Gasteiger partial charge in [-0.25, -0.2) is 0 Å². The Bertz CT molecular complexity index is 450. The van der Waals surface area contributed by atoms with E-state index in [1.807, 2.05) is 0 Å². The molecule has 112 valence electrons. The smallest absolute Gasteiger partial charge is 0.175 e. The van der Waals surface area contributed by atoms with Gasteiger partial charge in [0.15, 0.2) is 11.5 Å². The average molecular weight is 343 g/mol. The highest BCUT2D eigenvalue weighted by molar-refractivity contribution is 9.10. The first kappa shape index (κ1) is 15.6. The van der Waals surface area contributed by atoms with Crippen LogP contribution in [0.1, 0.15) is 31.9 Å². The SMILES string of the molecule is CCN(CC)C(CN)c1cc(Br)c2c(c1)OCCCO2. The summed E-state index contributed by atoms with van der Waals surface area (Å²) < 4.78 is 12.5. The fourth-order valence-corrected chi connectivity index (χ4v) is 3.18. The molecule has 20 heavy (non-hydrogen) atoms. The van der Waals surface area contributed by atoms with Gasteiger partial charge in [-0.3, -0.25) is 4.90 Å². The number of benzene rings is 1. The van der Waals surface area contributed by atoms with Crippen molar-refractivity contribution in [3.05, 3.63) is 22.2 Å². The first-order valence-corrected chi connectivity index (χ1v) is 8.03. The molecule has 0 amide bonds. The Hall–Kier alpha value is -0.780. The van der Waals surface area contributed by atoms with Gasteiger partial charge in [-0.2, -0.15) is 0 Å². The lowest BCUT2D eigenvalue weighted by Crippen LogP contribution is -2.33. The third kappa shape index (κ3) is 3.27. The van der Waals surface area contributed by atoms with Crippen molar-refractivity contribution >= 4 is 15.9 Å². The third-order valence-electron chi connectivity index (χ3n) is 3.69. The standard InChI is InChI=1S/C15H23BrN2O2/c1-3-18(4-2)13(10-17)11-8-12(16)15-14(9-11)19-6-5-7-20-15/h8-9,13H,3-7,10,17H2,1-2H3. The summed E-state index contributed by atoms with van der Waals surface area (Å²) in [5.74, 6) is 1.62. The van der Waals surface area contributed by atoms with Gasteiger partial charge in [-0.05, 0) is 46.7 Å². The molecule has 0 fully saturated rings. The van der Waals surface area contributed by atoms with E-state index in [1.165, 1.54) is 5.56 Å². The summed E-state index contributed by atoms with van der Waals surface area (Å²) in [6.07, 6.45) is 0.910. The lowest BCUT2D eigenvalue weighted by Gasteiger charge is -2.29. The van der Waals surface area contributed by atoms with E-state index in [0.29, 0.717) is 19.8 Å². The molecule has 0 spiro atoms. The summed E-state index contributed by atoms with van der Waals surface area (Å²) in [5.41, 5.74) is 7.16. The molecule has 0 saturated carbocycles. The van der Waals surface area contributed by atoms with E-state index in [-0.39, 0.29) is 6.04 Å². The van der Waals surface area contributed by atoms with Crippen molar-refractivity contribution < 1.29 is 9.47 Å². The fraction of sp³-hybridized carbons (Fsp3) is 0.600. The van der Waals surface area contributed by atoms with Gasteiger partial charge in [0.05, 0.1) is 17.7 Å². The zero-order valence-corrected chi connectivity index (χ0v) is 13.8. The van der Waals surface area contributed by atoms with Gasteiger partial charge in [-0.1, -0.05) is 13.8 Å². The Labute approximate surface area is 129 Å². The molecule has 1 aromatic rings. The average Bonchev–Trinajstić information content (AvgIpc) is 2.70. The molecule has 0 saturated heterocycles. The minimum absolute atomic E-state index is 0.207. The summed E-state index contributed by atoms with van der Waals surface area (Å²) in [6, 6.07) is 4.38. The Balaban J connectivity index is 2.36. The van der Waals surface area contributed by atoms with Crippen LogP contribution < -0.4 is 15.2 Å². The summed E-state index contributed by atoms with van der Waals surface area (Å²) in [7, 11) is 0. The van der Waals surface area contributed by atoms with E-state index in [4.69, 9.17) is 15.2 Å². The number of nitrogens with zero attached hydrogens (tertiary/aromatic N) is 1. The third-order valence-corrected chi connectivity index (χ3v) is 4.27. The molecule has 4 nitrogen and oxygen atoms in total. The van der Waals surface area contributed by atoms with Crippen LogP contribution in [-0.2, 0) is 0 Å². The first-order chi connectivity index (χ1) is 9.71. The second-order valence-electron chi connectivity index (χ2n) is 4.85. The Kier molecular flexibility index (Phi) is 5.69. The highest BCUT2D eigenvalue weighted by atomic mass is 79.9. The van der Waals surface area contributed by atoms with Gasteiger partial charge in [0, 0.05) is 19.0 Å². The van der Waals surface area contributed by atoms with Crippen molar-refractivity contribution in [2.75, 3.05) is 32.8 Å². The molecule has 1 heterocycles. The lowest BCUT2D eigenvalue weighted by molar-refractivity contribution is 0.223. The maximum atomic E-state index is 5.98. The summed E-state index contributed by atoms with van der Waals surface area (Å²) in [6.45, 7) is 8.25. The van der Waals surface area contributed by atoms with E-state index >= 15 is 0 Å². The highest BCUT2D eigenvalue weighted by Crippen LogP contribution is 2.40. The molecule has 0 aromatic heterocycles. The number of ether oxygens (including phenoxy) is 2. The number of halogens is 1. The van der Waals surface area contributed by atoms with Gasteiger partial charge in [0.1, 0.15) is 0 Å². The van der Waals surface area contributed by atoms with Crippen molar-refractivity contribution in [2.45, 2.75) is 26.3 Å². The number of nitrogens with two attached hydrogens (primary N) is 1. The molecule has 5 heteroatoms. The van der Waals surface area contributed by atoms with Crippen LogP contribution >= 0.6 is 15.9 Å². The van der Waals surface area contributed by atoms with Gasteiger partial charge >= 0.3 is 0 Å². The predicted molar refractivity (Wildman–Crippen MR) is 84.5 cm³/mol. The minimum atomic E-state index is 0.207. The van der Waals surface area contributed by atoms with Crippen molar-refractivity contribution in [3.8, 4) is 11.5 Å². The summed E-state index contributed by atoms with van der Waals surface area (Å²) in [5, 5.41) is 0. The molecule has 0 radical (unpaired) electrons. The van der Waals surface area contributed by atoms with Crippen LogP contribution in [0.5, 0.6) is 11.5 Å². The molecule has 2 rings (SSSR count). The van der Waals surface area contributed by atoms with Crippen LogP contribution in [0.3, 0.4) is 0 Å². The molecular weight excluding hydrogens is 320 g/mol. The van der Waals surface area contributed by atoms with E-state index < -0.39 is 0 Å². The quantitative estimate of drug-likeness (QED) is 0.893. The number of likely N-dealkylation sites (N-methyl/N-ethyl adjacent to an activating group) is 1. The highest BCUT2D eigenvalue weighted by Gasteiger charge is 2.21. The van der Waals surface area contributed by atoms with Crippen LogP contribution in [0.4, 0.5) is 0 Å². The maximum absolute atomic E-state index is 5.98. The zero-order chi connectivity index (χ0) is 14.5. The molecular formula is C15H23BrN2O2. The molecule has 0 aliphatic carbocycles. The Morgan fingerprint density at radius 2 is 1.95 bits per heavy atom. The van der Waals surface area contributed by atoms with Crippen molar-refractivity contribution in [3.63, 3.8) is 0 Å². The van der Waals surface area contributed by atoms with Crippen LogP contribution in [0.2, 0.25) is 0 Å². The number of fused-ring (bicyclic) bond motifs is 1. The van der Waals surface area contributed by atoms with Crippen molar-refractivity contribution in [2.24, 2.45) is 5.73 Å². The molecule has 1 aromatic carbocycles. The summed E-state index contributed by atoms with van der Waals surface area (Å²) >= 11 is 3.59. The van der Waals surface area contributed by atoms with Gasteiger partial charge in [0.25, 0.3) is 0 Å². The molecule has 1 atom stereocenters. The first-order valence-electron chi connectivity index (χ1n) is 7.24. The van der Waals surface area contributed by atoms with Crippen LogP contribution in [0, 0.1) is 0 Å². The predicted octanol–water partition coefficient (Wildman–Crippen LogP) is 2.95. The van der Waals surface area contributed by atoms with Gasteiger partial charge in [0.2, 0.25) is 0 Å². The normalized spacial score (nSPS) is 16.1. The van der Waals surface area contributed by atoms with E-state index in [9.17, 15) is 0 Å². The van der Waals surface area contributed by atoms with Crippen LogP contribution in [0.15, 0.2) is 16.6 Å². The number of hydrogen-bond acceptors (Lipinski definition) is 4. The van der Waals surface area contributed by atoms with E-state index in [1.54, 1.807) is 0 Å². The Morgan fingerprint density at radius 1 is 1.25 bits per heavy atom. The topological polar surface area (TPSA) is 47.7 Å². The molecule has 1 aliphatic heterocycles. The van der Waals surface area contributed by atoms with Gasteiger partial charge < -0.3 is 15.2 Å². The minimum Gasteiger partial charge on any atom is -0.490 e. The number of rotatable bonds is 5. The fourth-order valence-electron chi connectivity index (χ4n) is 2.60. The monoisotopic (exact) mass is 342 g/mol. The van der Waals surface area contributed by atoms with E-state index in [0.717, 1.165) is 35.5 Å². The lowest BCUT2D eigenvalue weighted by atomic mass is 10.0.